The monoisotopic (exact) mass is 215 g/mol. The van der Waals surface area contributed by atoms with Crippen molar-refractivity contribution in [2.45, 2.75) is 31.4 Å². The summed E-state index contributed by atoms with van der Waals surface area (Å²) in [6.07, 6.45) is 2.66. The largest absolute Gasteiger partial charge is 0.357 e. The first kappa shape index (κ1) is 11.7. The van der Waals surface area contributed by atoms with Crippen LogP contribution in [-0.2, 0) is 0 Å². The highest BCUT2D eigenvalue weighted by atomic mass is 32.2. The van der Waals surface area contributed by atoms with E-state index in [1.807, 2.05) is 7.05 Å². The molecule has 0 aromatic rings. The van der Waals surface area contributed by atoms with E-state index < -0.39 is 0 Å². The molecule has 4 heteroatoms. The van der Waals surface area contributed by atoms with Gasteiger partial charge in [-0.05, 0) is 32.4 Å². The summed E-state index contributed by atoms with van der Waals surface area (Å²) in [5, 5.41) is 6.57. The van der Waals surface area contributed by atoms with Crippen molar-refractivity contribution in [3.8, 4) is 0 Å². The Kier molecular flexibility index (Phi) is 4.58. The van der Waals surface area contributed by atoms with Crippen LogP contribution in [0, 0.1) is 0 Å². The molecule has 0 amide bonds. The molecule has 1 aliphatic rings. The summed E-state index contributed by atoms with van der Waals surface area (Å²) in [6.45, 7) is 6.34. The van der Waals surface area contributed by atoms with Crippen molar-refractivity contribution >= 4 is 17.7 Å². The van der Waals surface area contributed by atoms with Gasteiger partial charge in [0.05, 0.1) is 0 Å². The quantitative estimate of drug-likeness (QED) is 0.553. The second-order valence-electron chi connectivity index (χ2n) is 3.86. The van der Waals surface area contributed by atoms with Gasteiger partial charge in [-0.25, -0.2) is 0 Å². The van der Waals surface area contributed by atoms with Crippen molar-refractivity contribution in [3.63, 3.8) is 0 Å². The van der Waals surface area contributed by atoms with E-state index in [2.05, 4.69) is 41.2 Å². The summed E-state index contributed by atoms with van der Waals surface area (Å²) in [5.41, 5.74) is 0. The number of guanidine groups is 1. The van der Waals surface area contributed by atoms with Crippen molar-refractivity contribution < 1.29 is 0 Å². The number of nitrogens with zero attached hydrogens (tertiary/aromatic N) is 1. The third-order valence-corrected chi connectivity index (χ3v) is 4.04. The number of hydrogen-bond donors (Lipinski definition) is 2. The lowest BCUT2D eigenvalue weighted by molar-refractivity contribution is 0.585. The van der Waals surface area contributed by atoms with E-state index in [-0.39, 0.29) is 0 Å². The highest BCUT2D eigenvalue weighted by Gasteiger charge is 2.29. The van der Waals surface area contributed by atoms with Crippen molar-refractivity contribution in [1.82, 2.24) is 10.6 Å². The molecule has 0 bridgehead atoms. The molecule has 0 aromatic carbocycles. The van der Waals surface area contributed by atoms with Gasteiger partial charge < -0.3 is 10.6 Å². The predicted octanol–water partition coefficient (Wildman–Crippen LogP) is 1.46. The first-order chi connectivity index (χ1) is 6.70. The summed E-state index contributed by atoms with van der Waals surface area (Å²) >= 11 is 2.07. The Labute approximate surface area is 91.1 Å². The van der Waals surface area contributed by atoms with Gasteiger partial charge in [0, 0.05) is 24.9 Å². The molecule has 1 fully saturated rings. The molecule has 0 spiro atoms. The minimum Gasteiger partial charge on any atom is -0.357 e. The lowest BCUT2D eigenvalue weighted by Crippen LogP contribution is -2.43. The summed E-state index contributed by atoms with van der Waals surface area (Å²) in [5.74, 6) is 2.22. The molecule has 1 rings (SSSR count). The normalized spacial score (nSPS) is 27.8. The molecule has 0 saturated carbocycles. The standard InChI is InChI=1S/C10H21N3S/c1-4-12-9(11-3)13-8-10(2)6-5-7-14-10/h4-8H2,1-3H3,(H2,11,12,13). The first-order valence-electron chi connectivity index (χ1n) is 5.28. The second kappa shape index (κ2) is 5.49. The van der Waals surface area contributed by atoms with E-state index in [9.17, 15) is 0 Å². The molecule has 0 aliphatic carbocycles. The minimum absolute atomic E-state index is 0.408. The number of hydrogen-bond acceptors (Lipinski definition) is 2. The predicted molar refractivity (Wildman–Crippen MR) is 65.1 cm³/mol. The van der Waals surface area contributed by atoms with Crippen LogP contribution in [-0.4, -0.2) is 36.6 Å². The van der Waals surface area contributed by atoms with Gasteiger partial charge in [0.25, 0.3) is 0 Å². The molecule has 0 radical (unpaired) electrons. The van der Waals surface area contributed by atoms with E-state index in [0.29, 0.717) is 4.75 Å². The fourth-order valence-corrected chi connectivity index (χ4v) is 2.88. The van der Waals surface area contributed by atoms with E-state index in [4.69, 9.17) is 0 Å². The fraction of sp³-hybridized carbons (Fsp3) is 0.900. The maximum absolute atomic E-state index is 4.16. The Bertz CT molecular complexity index is 198. The van der Waals surface area contributed by atoms with E-state index in [1.54, 1.807) is 0 Å². The molecule has 2 N–H and O–H groups in total. The molecule has 82 valence electrons. The summed E-state index contributed by atoms with van der Waals surface area (Å²) in [6, 6.07) is 0. The Morgan fingerprint density at radius 2 is 2.29 bits per heavy atom. The van der Waals surface area contributed by atoms with Crippen LogP contribution in [0.2, 0.25) is 0 Å². The van der Waals surface area contributed by atoms with Crippen LogP contribution in [0.3, 0.4) is 0 Å². The van der Waals surface area contributed by atoms with Crippen LogP contribution in [0.4, 0.5) is 0 Å². The van der Waals surface area contributed by atoms with E-state index >= 15 is 0 Å². The van der Waals surface area contributed by atoms with Gasteiger partial charge >= 0.3 is 0 Å². The van der Waals surface area contributed by atoms with Crippen LogP contribution in [0.15, 0.2) is 4.99 Å². The zero-order valence-corrected chi connectivity index (χ0v) is 10.2. The number of nitrogens with one attached hydrogen (secondary N) is 2. The van der Waals surface area contributed by atoms with Gasteiger partial charge in [0.15, 0.2) is 5.96 Å². The molecule has 1 aliphatic heterocycles. The third-order valence-electron chi connectivity index (χ3n) is 2.50. The molecule has 14 heavy (non-hydrogen) atoms. The number of thioether (sulfide) groups is 1. The Hall–Kier alpha value is -0.380. The van der Waals surface area contributed by atoms with Gasteiger partial charge in [-0.15, -0.1) is 0 Å². The van der Waals surface area contributed by atoms with Crippen molar-refractivity contribution in [1.29, 1.82) is 0 Å². The molecule has 1 unspecified atom stereocenters. The van der Waals surface area contributed by atoms with Gasteiger partial charge in [-0.3, -0.25) is 4.99 Å². The van der Waals surface area contributed by atoms with Crippen LogP contribution >= 0.6 is 11.8 Å². The van der Waals surface area contributed by atoms with Crippen LogP contribution in [0.1, 0.15) is 26.7 Å². The molecular formula is C10H21N3S. The highest BCUT2D eigenvalue weighted by molar-refractivity contribution is 8.00. The zero-order valence-electron chi connectivity index (χ0n) is 9.39. The first-order valence-corrected chi connectivity index (χ1v) is 6.27. The summed E-state index contributed by atoms with van der Waals surface area (Å²) in [7, 11) is 1.81. The SMILES string of the molecule is CCNC(=NC)NCC1(C)CCCS1. The Balaban J connectivity index is 2.31. The molecule has 1 atom stereocenters. The molecular weight excluding hydrogens is 194 g/mol. The number of aliphatic imine (C=N–C) groups is 1. The second-order valence-corrected chi connectivity index (χ2v) is 5.54. The Morgan fingerprint density at radius 1 is 1.50 bits per heavy atom. The highest BCUT2D eigenvalue weighted by Crippen LogP contribution is 2.36. The van der Waals surface area contributed by atoms with E-state index in [1.165, 1.54) is 18.6 Å². The summed E-state index contributed by atoms with van der Waals surface area (Å²) < 4.78 is 0.408. The average molecular weight is 215 g/mol. The topological polar surface area (TPSA) is 36.4 Å². The summed E-state index contributed by atoms with van der Waals surface area (Å²) in [4.78, 5) is 4.16. The van der Waals surface area contributed by atoms with E-state index in [0.717, 1.165) is 19.0 Å². The lowest BCUT2D eigenvalue weighted by atomic mass is 10.1. The smallest absolute Gasteiger partial charge is 0.191 e. The van der Waals surface area contributed by atoms with Crippen LogP contribution in [0.5, 0.6) is 0 Å². The van der Waals surface area contributed by atoms with Crippen LogP contribution < -0.4 is 10.6 Å². The maximum atomic E-state index is 4.16. The zero-order chi connectivity index (χ0) is 10.4. The van der Waals surface area contributed by atoms with Crippen molar-refractivity contribution in [3.05, 3.63) is 0 Å². The molecule has 1 heterocycles. The molecule has 1 saturated heterocycles. The average Bonchev–Trinajstić information content (AvgIpc) is 2.60. The van der Waals surface area contributed by atoms with Gasteiger partial charge in [0.2, 0.25) is 0 Å². The third kappa shape index (κ3) is 3.40. The van der Waals surface area contributed by atoms with Gasteiger partial charge in [-0.2, -0.15) is 11.8 Å². The minimum atomic E-state index is 0.408. The molecule has 0 aromatic heterocycles. The Morgan fingerprint density at radius 3 is 2.79 bits per heavy atom. The lowest BCUT2D eigenvalue weighted by Gasteiger charge is -2.24. The molecule has 3 nitrogen and oxygen atoms in total. The van der Waals surface area contributed by atoms with Gasteiger partial charge in [-0.1, -0.05) is 0 Å². The van der Waals surface area contributed by atoms with Crippen molar-refractivity contribution in [2.75, 3.05) is 25.9 Å². The maximum Gasteiger partial charge on any atom is 0.191 e. The van der Waals surface area contributed by atoms with Crippen molar-refractivity contribution in [2.24, 2.45) is 4.99 Å². The van der Waals surface area contributed by atoms with Gasteiger partial charge in [0.1, 0.15) is 0 Å². The van der Waals surface area contributed by atoms with Crippen LogP contribution in [0.25, 0.3) is 0 Å². The number of rotatable bonds is 3. The fourth-order valence-electron chi connectivity index (χ4n) is 1.64.